The van der Waals surface area contributed by atoms with E-state index in [-0.39, 0.29) is 6.61 Å². The molecule has 2 heterocycles. The highest BCUT2D eigenvalue weighted by molar-refractivity contribution is 7.98. The number of aromatic nitrogens is 3. The quantitative estimate of drug-likeness (QED) is 0.134. The van der Waals surface area contributed by atoms with E-state index in [1.54, 1.807) is 16.4 Å². The van der Waals surface area contributed by atoms with Crippen LogP contribution in [0.4, 0.5) is 5.95 Å². The smallest absolute Gasteiger partial charge is 0.338 e. The topological polar surface area (TPSA) is 78.3 Å². The SMILES string of the molecule is CC1=C(C(=O)OCc2ccccc2)C(c2ccc(OCc3cccc(C)c3)cc2)n2nc(SCc3ccccc3)nc2N1. The fraction of sp³-hybridized carbons (Fsp3) is 0.171. The van der Waals surface area contributed by atoms with Crippen molar-refractivity contribution in [2.24, 2.45) is 0 Å². The second-order valence-electron chi connectivity index (χ2n) is 10.4. The monoisotopic (exact) mass is 588 g/mol. The van der Waals surface area contributed by atoms with Crippen LogP contribution in [0.2, 0.25) is 0 Å². The molecule has 4 aromatic carbocycles. The number of thioether (sulfide) groups is 1. The zero-order valence-corrected chi connectivity index (χ0v) is 24.9. The van der Waals surface area contributed by atoms with E-state index >= 15 is 0 Å². The van der Waals surface area contributed by atoms with Crippen LogP contribution in [0, 0.1) is 6.92 Å². The number of anilines is 1. The molecular weight excluding hydrogens is 556 g/mol. The van der Waals surface area contributed by atoms with Crippen LogP contribution >= 0.6 is 11.8 Å². The number of carbonyl (C=O) groups excluding carboxylic acids is 1. The van der Waals surface area contributed by atoms with E-state index < -0.39 is 12.0 Å². The molecular formula is C35H32N4O3S. The Morgan fingerprint density at radius 2 is 1.53 bits per heavy atom. The lowest BCUT2D eigenvalue weighted by molar-refractivity contribution is -0.140. The number of rotatable bonds is 10. The van der Waals surface area contributed by atoms with Crippen LogP contribution in [0.15, 0.2) is 126 Å². The predicted molar refractivity (Wildman–Crippen MR) is 169 cm³/mol. The van der Waals surface area contributed by atoms with Crippen molar-refractivity contribution in [3.63, 3.8) is 0 Å². The number of ether oxygens (including phenoxy) is 2. The fourth-order valence-electron chi connectivity index (χ4n) is 5.00. The summed E-state index contributed by atoms with van der Waals surface area (Å²) >= 11 is 1.55. The largest absolute Gasteiger partial charge is 0.489 e. The molecule has 0 bridgehead atoms. The Hall–Kier alpha value is -4.82. The molecule has 216 valence electrons. The van der Waals surface area contributed by atoms with Gasteiger partial charge in [0.15, 0.2) is 0 Å². The highest BCUT2D eigenvalue weighted by Gasteiger charge is 2.35. The average molecular weight is 589 g/mol. The summed E-state index contributed by atoms with van der Waals surface area (Å²) < 4.78 is 13.7. The third kappa shape index (κ3) is 6.81. The van der Waals surface area contributed by atoms with Gasteiger partial charge in [-0.1, -0.05) is 114 Å². The lowest BCUT2D eigenvalue weighted by Gasteiger charge is -2.28. The van der Waals surface area contributed by atoms with Gasteiger partial charge in [0.25, 0.3) is 0 Å². The molecule has 1 aliphatic heterocycles. The van der Waals surface area contributed by atoms with Crippen molar-refractivity contribution in [2.45, 2.75) is 44.0 Å². The second-order valence-corrected chi connectivity index (χ2v) is 11.4. The van der Waals surface area contributed by atoms with Gasteiger partial charge in [0.1, 0.15) is 25.0 Å². The molecule has 5 aromatic rings. The minimum absolute atomic E-state index is 0.178. The Kier molecular flexibility index (Phi) is 8.56. The summed E-state index contributed by atoms with van der Waals surface area (Å²) in [7, 11) is 0. The summed E-state index contributed by atoms with van der Waals surface area (Å²) in [5, 5.41) is 8.77. The van der Waals surface area contributed by atoms with Crippen LogP contribution in [-0.2, 0) is 28.5 Å². The van der Waals surface area contributed by atoms with Gasteiger partial charge >= 0.3 is 5.97 Å². The minimum Gasteiger partial charge on any atom is -0.489 e. The zero-order chi connectivity index (χ0) is 29.6. The molecule has 1 N–H and O–H groups in total. The molecule has 0 saturated carbocycles. The minimum atomic E-state index is -0.524. The molecule has 0 spiro atoms. The molecule has 1 aromatic heterocycles. The Morgan fingerprint density at radius 3 is 2.26 bits per heavy atom. The number of nitrogens with one attached hydrogen (secondary N) is 1. The average Bonchev–Trinajstić information content (AvgIpc) is 3.44. The van der Waals surface area contributed by atoms with Crippen LogP contribution in [0.1, 0.15) is 40.8 Å². The lowest BCUT2D eigenvalue weighted by Crippen LogP contribution is -2.29. The molecule has 1 atom stereocenters. The van der Waals surface area contributed by atoms with Crippen molar-refractivity contribution in [1.29, 1.82) is 0 Å². The van der Waals surface area contributed by atoms with Gasteiger partial charge in [-0.15, -0.1) is 5.10 Å². The van der Waals surface area contributed by atoms with Crippen LogP contribution in [0.3, 0.4) is 0 Å². The van der Waals surface area contributed by atoms with Crippen LogP contribution in [0.25, 0.3) is 0 Å². The number of nitrogens with zero attached hydrogens (tertiary/aromatic N) is 3. The molecule has 1 unspecified atom stereocenters. The highest BCUT2D eigenvalue weighted by Crippen LogP contribution is 2.37. The summed E-state index contributed by atoms with van der Waals surface area (Å²) in [5.41, 5.74) is 6.46. The van der Waals surface area contributed by atoms with Gasteiger partial charge in [0.2, 0.25) is 11.1 Å². The molecule has 0 aliphatic carbocycles. The number of aryl methyl sites for hydroxylation is 1. The van der Waals surface area contributed by atoms with E-state index in [1.807, 2.05) is 85.8 Å². The molecule has 0 amide bonds. The van der Waals surface area contributed by atoms with Crippen LogP contribution < -0.4 is 10.1 Å². The Bertz CT molecular complexity index is 1730. The second kappa shape index (κ2) is 13.0. The first kappa shape index (κ1) is 28.3. The number of esters is 1. The van der Waals surface area contributed by atoms with E-state index in [2.05, 4.69) is 42.6 Å². The number of fused-ring (bicyclic) bond motifs is 1. The molecule has 0 fully saturated rings. The Labute approximate surface area is 255 Å². The molecule has 0 saturated heterocycles. The molecule has 6 rings (SSSR count). The number of hydrogen-bond acceptors (Lipinski definition) is 7. The normalized spacial score (nSPS) is 14.1. The van der Waals surface area contributed by atoms with Crippen LogP contribution in [0.5, 0.6) is 5.75 Å². The molecule has 43 heavy (non-hydrogen) atoms. The van der Waals surface area contributed by atoms with Crippen molar-refractivity contribution >= 4 is 23.7 Å². The first-order valence-corrected chi connectivity index (χ1v) is 15.1. The van der Waals surface area contributed by atoms with Gasteiger partial charge in [0.05, 0.1) is 5.57 Å². The highest BCUT2D eigenvalue weighted by atomic mass is 32.2. The van der Waals surface area contributed by atoms with Crippen molar-refractivity contribution in [3.8, 4) is 5.75 Å². The predicted octanol–water partition coefficient (Wildman–Crippen LogP) is 7.49. The van der Waals surface area contributed by atoms with Gasteiger partial charge in [-0.05, 0) is 48.2 Å². The summed E-state index contributed by atoms with van der Waals surface area (Å²) in [6.45, 7) is 4.59. The van der Waals surface area contributed by atoms with E-state index in [0.717, 1.165) is 28.2 Å². The van der Waals surface area contributed by atoms with Crippen molar-refractivity contribution in [2.75, 3.05) is 5.32 Å². The van der Waals surface area contributed by atoms with Crippen molar-refractivity contribution in [3.05, 3.63) is 148 Å². The maximum absolute atomic E-state index is 13.6. The maximum Gasteiger partial charge on any atom is 0.338 e. The van der Waals surface area contributed by atoms with E-state index in [9.17, 15) is 4.79 Å². The molecule has 0 radical (unpaired) electrons. The summed E-state index contributed by atoms with van der Waals surface area (Å²) in [4.78, 5) is 18.4. The zero-order valence-electron chi connectivity index (χ0n) is 24.1. The Morgan fingerprint density at radius 1 is 0.837 bits per heavy atom. The van der Waals surface area contributed by atoms with Gasteiger partial charge in [-0.2, -0.15) is 4.98 Å². The third-order valence-electron chi connectivity index (χ3n) is 7.16. The first-order chi connectivity index (χ1) is 21.0. The maximum atomic E-state index is 13.6. The van der Waals surface area contributed by atoms with E-state index in [4.69, 9.17) is 19.6 Å². The number of benzene rings is 4. The van der Waals surface area contributed by atoms with Crippen molar-refractivity contribution in [1.82, 2.24) is 14.8 Å². The number of carbonyl (C=O) groups is 1. The summed E-state index contributed by atoms with van der Waals surface area (Å²) in [6.07, 6.45) is 0. The Balaban J connectivity index is 1.26. The van der Waals surface area contributed by atoms with Gasteiger partial charge in [0, 0.05) is 11.4 Å². The summed E-state index contributed by atoms with van der Waals surface area (Å²) in [5.74, 6) is 1.65. The molecule has 1 aliphatic rings. The number of hydrogen-bond donors (Lipinski definition) is 1. The molecule has 7 nitrogen and oxygen atoms in total. The van der Waals surface area contributed by atoms with E-state index in [1.165, 1.54) is 11.1 Å². The van der Waals surface area contributed by atoms with Gasteiger partial charge < -0.3 is 14.8 Å². The standard InChI is InChI=1S/C35H32N4O3S/c1-24-10-9-15-28(20-24)22-41-30-18-16-29(17-19-30)32-31(33(40)42-21-26-11-5-3-6-12-26)25(2)36-34-37-35(38-39(32)34)43-23-27-13-7-4-8-14-27/h3-20,32H,21-23H2,1-2H3,(H,36,37,38). The van der Waals surface area contributed by atoms with Crippen LogP contribution in [-0.4, -0.2) is 20.7 Å². The third-order valence-corrected chi connectivity index (χ3v) is 8.07. The van der Waals surface area contributed by atoms with Gasteiger partial charge in [-0.25, -0.2) is 9.48 Å². The first-order valence-electron chi connectivity index (χ1n) is 14.1. The van der Waals surface area contributed by atoms with Crippen molar-refractivity contribution < 1.29 is 14.3 Å². The lowest BCUT2D eigenvalue weighted by atomic mass is 9.95. The van der Waals surface area contributed by atoms with E-state index in [0.29, 0.717) is 29.0 Å². The fourth-order valence-corrected chi connectivity index (χ4v) is 5.79. The number of allylic oxidation sites excluding steroid dienone is 1. The summed E-state index contributed by atoms with van der Waals surface area (Å²) in [6, 6.07) is 35.4. The van der Waals surface area contributed by atoms with Gasteiger partial charge in [-0.3, -0.25) is 0 Å². The molecule has 8 heteroatoms.